The number of carbonyl (C=O) groups is 1. The molecule has 9 heteroatoms. The number of nitrogens with zero attached hydrogens (tertiary/aromatic N) is 3. The highest BCUT2D eigenvalue weighted by atomic mass is 16.5. The van der Waals surface area contributed by atoms with Crippen molar-refractivity contribution < 1.29 is 14.3 Å². The number of rotatable bonds is 7. The molecule has 1 amide bonds. The quantitative estimate of drug-likeness (QED) is 0.568. The van der Waals surface area contributed by atoms with Crippen molar-refractivity contribution in [2.45, 2.75) is 0 Å². The highest BCUT2D eigenvalue weighted by Gasteiger charge is 2.10. The Morgan fingerprint density at radius 3 is 2.89 bits per heavy atom. The molecule has 1 aliphatic heterocycles. The molecule has 0 radical (unpaired) electrons. The van der Waals surface area contributed by atoms with Crippen LogP contribution >= 0.6 is 0 Å². The Kier molecular flexibility index (Phi) is 5.36. The molecule has 0 unspecified atom stereocenters. The summed E-state index contributed by atoms with van der Waals surface area (Å²) in [5.41, 5.74) is 7.11. The SMILES string of the molecule is NC(=O)c1cc(Oc2ccc3nc(NCCN4CCOCC4)[nH]c3c2)ccn1. The number of nitrogens with two attached hydrogens (primary N) is 1. The van der Waals surface area contributed by atoms with Gasteiger partial charge in [0.1, 0.15) is 17.2 Å². The van der Waals surface area contributed by atoms with Crippen molar-refractivity contribution in [3.05, 3.63) is 42.2 Å². The lowest BCUT2D eigenvalue weighted by Gasteiger charge is -2.26. The van der Waals surface area contributed by atoms with E-state index in [0.29, 0.717) is 11.5 Å². The van der Waals surface area contributed by atoms with Gasteiger partial charge < -0.3 is 25.5 Å². The maximum Gasteiger partial charge on any atom is 0.267 e. The van der Waals surface area contributed by atoms with Crippen molar-refractivity contribution in [1.29, 1.82) is 0 Å². The first-order valence-electron chi connectivity index (χ1n) is 9.15. The molecule has 0 aliphatic carbocycles. The smallest absolute Gasteiger partial charge is 0.267 e. The lowest BCUT2D eigenvalue weighted by Crippen LogP contribution is -2.39. The summed E-state index contributed by atoms with van der Waals surface area (Å²) in [6.07, 6.45) is 1.49. The van der Waals surface area contributed by atoms with Crippen molar-refractivity contribution >= 4 is 22.9 Å². The van der Waals surface area contributed by atoms with Crippen LogP contribution in [0.1, 0.15) is 10.5 Å². The van der Waals surface area contributed by atoms with Gasteiger partial charge in [0.2, 0.25) is 5.95 Å². The number of primary amides is 1. The molecular formula is C19H22N6O3. The maximum absolute atomic E-state index is 11.2. The first-order chi connectivity index (χ1) is 13.7. The minimum absolute atomic E-state index is 0.159. The van der Waals surface area contributed by atoms with Crippen LogP contribution in [0.15, 0.2) is 36.5 Å². The van der Waals surface area contributed by atoms with E-state index in [4.69, 9.17) is 15.2 Å². The van der Waals surface area contributed by atoms with Crippen LogP contribution in [0.3, 0.4) is 0 Å². The Morgan fingerprint density at radius 1 is 1.25 bits per heavy atom. The predicted octanol–water partition coefficient (Wildman–Crippen LogP) is 1.59. The molecule has 1 saturated heterocycles. The molecule has 1 aromatic carbocycles. The highest BCUT2D eigenvalue weighted by molar-refractivity contribution is 5.91. The summed E-state index contributed by atoms with van der Waals surface area (Å²) >= 11 is 0. The second-order valence-electron chi connectivity index (χ2n) is 6.49. The zero-order chi connectivity index (χ0) is 19.3. The van der Waals surface area contributed by atoms with E-state index in [0.717, 1.165) is 56.4 Å². The molecule has 1 fully saturated rings. The van der Waals surface area contributed by atoms with Crippen LogP contribution in [-0.2, 0) is 4.74 Å². The number of fused-ring (bicyclic) bond motifs is 1. The van der Waals surface area contributed by atoms with Gasteiger partial charge in [-0.25, -0.2) is 4.98 Å². The van der Waals surface area contributed by atoms with Gasteiger partial charge in [0.15, 0.2) is 0 Å². The second-order valence-corrected chi connectivity index (χ2v) is 6.49. The molecule has 9 nitrogen and oxygen atoms in total. The lowest BCUT2D eigenvalue weighted by atomic mass is 10.3. The standard InChI is InChI=1S/C19H22N6O3/c20-18(26)17-12-14(3-4-21-17)28-13-1-2-15-16(11-13)24-19(23-15)22-5-6-25-7-9-27-10-8-25/h1-4,11-12H,5-10H2,(H2,20,26)(H2,22,23,24). The Balaban J connectivity index is 1.40. The van der Waals surface area contributed by atoms with Crippen LogP contribution in [-0.4, -0.2) is 65.2 Å². The third kappa shape index (κ3) is 4.38. The Hall–Kier alpha value is -3.17. The van der Waals surface area contributed by atoms with E-state index in [1.807, 2.05) is 18.2 Å². The van der Waals surface area contributed by atoms with Crippen LogP contribution in [0, 0.1) is 0 Å². The molecule has 3 aromatic rings. The van der Waals surface area contributed by atoms with Gasteiger partial charge in [0.25, 0.3) is 5.91 Å². The summed E-state index contributed by atoms with van der Waals surface area (Å²) in [5, 5.41) is 3.32. The van der Waals surface area contributed by atoms with Crippen molar-refractivity contribution in [1.82, 2.24) is 19.9 Å². The number of aromatic nitrogens is 3. The molecule has 1 aliphatic rings. The van der Waals surface area contributed by atoms with Crippen LogP contribution < -0.4 is 15.8 Å². The molecule has 146 valence electrons. The first kappa shape index (κ1) is 18.2. The summed E-state index contributed by atoms with van der Waals surface area (Å²) in [5.74, 6) is 1.24. The van der Waals surface area contributed by atoms with Crippen LogP contribution in [0.2, 0.25) is 0 Å². The van der Waals surface area contributed by atoms with Gasteiger partial charge in [0.05, 0.1) is 24.2 Å². The van der Waals surface area contributed by atoms with E-state index in [-0.39, 0.29) is 5.69 Å². The summed E-state index contributed by atoms with van der Waals surface area (Å²) in [7, 11) is 0. The third-order valence-corrected chi connectivity index (χ3v) is 4.50. The third-order valence-electron chi connectivity index (χ3n) is 4.50. The number of imidazole rings is 1. The largest absolute Gasteiger partial charge is 0.457 e. The summed E-state index contributed by atoms with van der Waals surface area (Å²) in [6.45, 7) is 5.27. The number of carbonyl (C=O) groups excluding carboxylic acids is 1. The van der Waals surface area contributed by atoms with Gasteiger partial charge in [-0.05, 0) is 18.2 Å². The summed E-state index contributed by atoms with van der Waals surface area (Å²) < 4.78 is 11.2. The Labute approximate surface area is 161 Å². The Morgan fingerprint density at radius 2 is 2.07 bits per heavy atom. The number of amides is 1. The van der Waals surface area contributed by atoms with Gasteiger partial charge in [0, 0.05) is 44.5 Å². The van der Waals surface area contributed by atoms with Gasteiger partial charge in [-0.15, -0.1) is 0 Å². The van der Waals surface area contributed by atoms with Crippen LogP contribution in [0.5, 0.6) is 11.5 Å². The van der Waals surface area contributed by atoms with E-state index in [1.165, 1.54) is 12.3 Å². The van der Waals surface area contributed by atoms with E-state index in [9.17, 15) is 4.79 Å². The minimum Gasteiger partial charge on any atom is -0.457 e. The zero-order valence-corrected chi connectivity index (χ0v) is 15.4. The molecule has 0 atom stereocenters. The molecule has 28 heavy (non-hydrogen) atoms. The van der Waals surface area contributed by atoms with Gasteiger partial charge in [-0.1, -0.05) is 0 Å². The van der Waals surface area contributed by atoms with Crippen molar-refractivity contribution in [2.24, 2.45) is 5.73 Å². The van der Waals surface area contributed by atoms with Gasteiger partial charge >= 0.3 is 0 Å². The number of aromatic amines is 1. The molecule has 0 saturated carbocycles. The topological polar surface area (TPSA) is 118 Å². The van der Waals surface area contributed by atoms with E-state index in [2.05, 4.69) is 25.2 Å². The van der Waals surface area contributed by atoms with Gasteiger partial charge in [-0.2, -0.15) is 0 Å². The number of hydrogen-bond acceptors (Lipinski definition) is 7. The lowest BCUT2D eigenvalue weighted by molar-refractivity contribution is 0.0398. The fourth-order valence-corrected chi connectivity index (χ4v) is 3.04. The van der Waals surface area contributed by atoms with Crippen LogP contribution in [0.4, 0.5) is 5.95 Å². The second kappa shape index (κ2) is 8.24. The zero-order valence-electron chi connectivity index (χ0n) is 15.4. The number of H-pyrrole nitrogens is 1. The monoisotopic (exact) mass is 382 g/mol. The molecule has 2 aromatic heterocycles. The maximum atomic E-state index is 11.2. The number of ether oxygens (including phenoxy) is 2. The fourth-order valence-electron chi connectivity index (χ4n) is 3.04. The molecule has 3 heterocycles. The molecule has 0 bridgehead atoms. The number of anilines is 1. The van der Waals surface area contributed by atoms with Crippen LogP contribution in [0.25, 0.3) is 11.0 Å². The normalized spacial score (nSPS) is 14.9. The fraction of sp³-hybridized carbons (Fsp3) is 0.316. The number of hydrogen-bond donors (Lipinski definition) is 3. The number of morpholine rings is 1. The first-order valence-corrected chi connectivity index (χ1v) is 9.15. The molecule has 0 spiro atoms. The average molecular weight is 382 g/mol. The summed E-state index contributed by atoms with van der Waals surface area (Å²) in [6, 6.07) is 8.75. The van der Waals surface area contributed by atoms with Crippen molar-refractivity contribution in [3.8, 4) is 11.5 Å². The van der Waals surface area contributed by atoms with E-state index >= 15 is 0 Å². The van der Waals surface area contributed by atoms with E-state index in [1.54, 1.807) is 6.07 Å². The predicted molar refractivity (Wildman–Crippen MR) is 105 cm³/mol. The van der Waals surface area contributed by atoms with Crippen molar-refractivity contribution in [2.75, 3.05) is 44.7 Å². The number of pyridine rings is 1. The summed E-state index contributed by atoms with van der Waals surface area (Å²) in [4.78, 5) is 25.3. The highest BCUT2D eigenvalue weighted by Crippen LogP contribution is 2.25. The average Bonchev–Trinajstić information content (AvgIpc) is 3.11. The molecular weight excluding hydrogens is 360 g/mol. The van der Waals surface area contributed by atoms with Crippen molar-refractivity contribution in [3.63, 3.8) is 0 Å². The number of benzene rings is 1. The molecule has 4 N–H and O–H groups in total. The minimum atomic E-state index is -0.595. The molecule has 4 rings (SSSR count). The number of nitrogens with one attached hydrogen (secondary N) is 2. The Bertz CT molecular complexity index is 967. The van der Waals surface area contributed by atoms with E-state index < -0.39 is 5.91 Å². The van der Waals surface area contributed by atoms with Gasteiger partial charge in [-0.3, -0.25) is 14.7 Å².